The lowest BCUT2D eigenvalue weighted by Gasteiger charge is -2.32. The Kier molecular flexibility index (Phi) is 5.53. The van der Waals surface area contributed by atoms with Crippen molar-refractivity contribution in [2.75, 3.05) is 36.4 Å². The van der Waals surface area contributed by atoms with Crippen LogP contribution in [0.2, 0.25) is 0 Å². The number of carbonyl (C=O) groups excluding carboxylic acids is 1. The van der Waals surface area contributed by atoms with Gasteiger partial charge in [-0.3, -0.25) is 9.78 Å². The molecule has 160 valence electrons. The van der Waals surface area contributed by atoms with Crippen LogP contribution in [-0.4, -0.2) is 57.9 Å². The van der Waals surface area contributed by atoms with Crippen LogP contribution in [0.3, 0.4) is 0 Å². The molecule has 2 fully saturated rings. The number of halogens is 2. The molecule has 30 heavy (non-hydrogen) atoms. The van der Waals surface area contributed by atoms with Crippen molar-refractivity contribution in [3.05, 3.63) is 35.8 Å². The van der Waals surface area contributed by atoms with Crippen molar-refractivity contribution in [2.45, 2.75) is 45.0 Å². The van der Waals surface area contributed by atoms with E-state index in [-0.39, 0.29) is 31.3 Å². The van der Waals surface area contributed by atoms with Gasteiger partial charge in [-0.2, -0.15) is 0 Å². The highest BCUT2D eigenvalue weighted by Gasteiger charge is 2.39. The summed E-state index contributed by atoms with van der Waals surface area (Å²) >= 11 is 0. The summed E-state index contributed by atoms with van der Waals surface area (Å²) in [5, 5.41) is 3.16. The predicted octanol–water partition coefficient (Wildman–Crippen LogP) is 3.49. The fourth-order valence-corrected chi connectivity index (χ4v) is 4.05. The number of rotatable bonds is 4. The van der Waals surface area contributed by atoms with Gasteiger partial charge in [-0.15, -0.1) is 0 Å². The molecule has 0 spiro atoms. The Bertz CT molecular complexity index is 912. The largest absolute Gasteiger partial charge is 0.350 e. The van der Waals surface area contributed by atoms with Crippen LogP contribution in [0.4, 0.5) is 26.2 Å². The third kappa shape index (κ3) is 4.66. The first-order valence-corrected chi connectivity index (χ1v) is 10.2. The molecule has 7 nitrogen and oxygen atoms in total. The highest BCUT2D eigenvalue weighted by Crippen LogP contribution is 2.35. The molecule has 0 radical (unpaired) electrons. The predicted molar refractivity (Wildman–Crippen MR) is 110 cm³/mol. The van der Waals surface area contributed by atoms with Crippen molar-refractivity contribution in [3.63, 3.8) is 0 Å². The smallest absolute Gasteiger partial charge is 0.266 e. The number of aromatic nitrogens is 3. The molecule has 4 heterocycles. The van der Waals surface area contributed by atoms with E-state index in [1.165, 1.54) is 0 Å². The fraction of sp³-hybridized carbons (Fsp3) is 0.524. The number of piperidine rings is 1. The third-order valence-electron chi connectivity index (χ3n) is 5.78. The first kappa shape index (κ1) is 20.4. The number of hydrogen-bond acceptors (Lipinski definition) is 6. The second-order valence-electron chi connectivity index (χ2n) is 8.12. The minimum absolute atomic E-state index is 0.0865. The molecule has 2 aliphatic heterocycles. The molecule has 2 aromatic rings. The highest BCUT2D eigenvalue weighted by molar-refractivity contribution is 5.73. The van der Waals surface area contributed by atoms with Gasteiger partial charge in [0.25, 0.3) is 5.92 Å². The summed E-state index contributed by atoms with van der Waals surface area (Å²) in [5.41, 5.74) is 1.85. The van der Waals surface area contributed by atoms with Crippen LogP contribution in [-0.2, 0) is 4.79 Å². The molecule has 2 aromatic heterocycles. The third-order valence-corrected chi connectivity index (χ3v) is 5.78. The van der Waals surface area contributed by atoms with Crippen LogP contribution in [0.25, 0.3) is 0 Å². The van der Waals surface area contributed by atoms with Gasteiger partial charge in [-0.1, -0.05) is 0 Å². The lowest BCUT2D eigenvalue weighted by molar-refractivity contribution is -0.129. The average Bonchev–Trinajstić information content (AvgIpc) is 3.09. The zero-order valence-corrected chi connectivity index (χ0v) is 17.2. The number of amides is 1. The van der Waals surface area contributed by atoms with Gasteiger partial charge in [-0.05, 0) is 43.4 Å². The van der Waals surface area contributed by atoms with E-state index in [0.717, 1.165) is 24.1 Å². The Hall–Kier alpha value is -2.84. The zero-order chi connectivity index (χ0) is 21.3. The molecule has 1 amide bonds. The van der Waals surface area contributed by atoms with Gasteiger partial charge in [0.05, 0.1) is 24.6 Å². The van der Waals surface area contributed by atoms with Crippen molar-refractivity contribution < 1.29 is 13.6 Å². The first-order valence-electron chi connectivity index (χ1n) is 10.2. The van der Waals surface area contributed by atoms with Crippen molar-refractivity contribution in [2.24, 2.45) is 0 Å². The minimum Gasteiger partial charge on any atom is -0.350 e. The van der Waals surface area contributed by atoms with Gasteiger partial charge in [-0.25, -0.2) is 18.7 Å². The highest BCUT2D eigenvalue weighted by atomic mass is 19.3. The van der Waals surface area contributed by atoms with E-state index < -0.39 is 5.92 Å². The Morgan fingerprint density at radius 2 is 1.90 bits per heavy atom. The maximum absolute atomic E-state index is 13.8. The van der Waals surface area contributed by atoms with Crippen LogP contribution in [0, 0.1) is 6.92 Å². The van der Waals surface area contributed by atoms with Crippen LogP contribution in [0.5, 0.6) is 0 Å². The standard InChI is InChI=1S/C21H26F2N6O/c1-14-11-25-19(12-24-14)26-18-9-17(16-3-6-28(7-4-16)15(2)30)10-20(27-18)29-8-5-21(22,23)13-29/h9-12,16H,3-8,13H2,1-2H3,(H,25,26,27). The van der Waals surface area contributed by atoms with Gasteiger partial charge >= 0.3 is 0 Å². The van der Waals surface area contributed by atoms with Crippen molar-refractivity contribution in [1.82, 2.24) is 19.9 Å². The molecule has 4 rings (SSSR count). The molecule has 2 saturated heterocycles. The topological polar surface area (TPSA) is 74.2 Å². The maximum Gasteiger partial charge on any atom is 0.266 e. The summed E-state index contributed by atoms with van der Waals surface area (Å²) in [6, 6.07) is 3.87. The van der Waals surface area contributed by atoms with E-state index in [1.807, 2.05) is 24.0 Å². The normalized spacial score (nSPS) is 19.2. The summed E-state index contributed by atoms with van der Waals surface area (Å²) < 4.78 is 27.6. The van der Waals surface area contributed by atoms with Crippen molar-refractivity contribution >= 4 is 23.4 Å². The minimum atomic E-state index is -2.69. The summed E-state index contributed by atoms with van der Waals surface area (Å²) in [6.07, 6.45) is 4.79. The Labute approximate surface area is 174 Å². The van der Waals surface area contributed by atoms with E-state index in [0.29, 0.717) is 30.5 Å². The second kappa shape index (κ2) is 8.12. The van der Waals surface area contributed by atoms with Crippen LogP contribution < -0.4 is 10.2 Å². The number of alkyl halides is 2. The van der Waals surface area contributed by atoms with Crippen LogP contribution in [0.1, 0.15) is 43.4 Å². The van der Waals surface area contributed by atoms with Crippen molar-refractivity contribution in [1.29, 1.82) is 0 Å². The molecule has 0 bridgehead atoms. The summed E-state index contributed by atoms with van der Waals surface area (Å²) in [5.74, 6) is -0.709. The van der Waals surface area contributed by atoms with Gasteiger partial charge in [0.2, 0.25) is 5.91 Å². The lowest BCUT2D eigenvalue weighted by Crippen LogP contribution is -2.36. The Balaban J connectivity index is 1.60. The second-order valence-corrected chi connectivity index (χ2v) is 8.12. The Morgan fingerprint density at radius 1 is 1.13 bits per heavy atom. The zero-order valence-electron chi connectivity index (χ0n) is 17.2. The SMILES string of the molecule is CC(=O)N1CCC(c2cc(Nc3cnc(C)cn3)nc(N3CCC(F)(F)C3)c2)CC1. The average molecular weight is 416 g/mol. The van der Waals surface area contributed by atoms with E-state index in [4.69, 9.17) is 0 Å². The molecule has 0 saturated carbocycles. The molecule has 0 aromatic carbocycles. The number of aryl methyl sites for hydroxylation is 1. The number of nitrogens with one attached hydrogen (secondary N) is 1. The molecule has 0 atom stereocenters. The van der Waals surface area contributed by atoms with Crippen LogP contribution in [0.15, 0.2) is 24.5 Å². The molecular formula is C21H26F2N6O. The quantitative estimate of drug-likeness (QED) is 0.823. The van der Waals surface area contributed by atoms with Gasteiger partial charge in [0.15, 0.2) is 0 Å². The molecule has 9 heteroatoms. The van der Waals surface area contributed by atoms with E-state index in [9.17, 15) is 13.6 Å². The summed E-state index contributed by atoms with van der Waals surface area (Å²) in [7, 11) is 0. The van der Waals surface area contributed by atoms with Gasteiger partial charge in [0, 0.05) is 33.0 Å². The van der Waals surface area contributed by atoms with Gasteiger partial charge in [0.1, 0.15) is 17.5 Å². The van der Waals surface area contributed by atoms with E-state index in [1.54, 1.807) is 24.2 Å². The summed E-state index contributed by atoms with van der Waals surface area (Å²) in [4.78, 5) is 28.2. The summed E-state index contributed by atoms with van der Waals surface area (Å²) in [6.45, 7) is 4.79. The lowest BCUT2D eigenvalue weighted by atomic mass is 9.89. The van der Waals surface area contributed by atoms with E-state index in [2.05, 4.69) is 20.3 Å². The molecule has 0 unspecified atom stereocenters. The monoisotopic (exact) mass is 416 g/mol. The number of hydrogen-bond donors (Lipinski definition) is 1. The molecule has 2 aliphatic rings. The van der Waals surface area contributed by atoms with Crippen molar-refractivity contribution in [3.8, 4) is 0 Å². The molecule has 0 aliphatic carbocycles. The molecular weight excluding hydrogens is 390 g/mol. The number of likely N-dealkylation sites (tertiary alicyclic amines) is 1. The Morgan fingerprint density at radius 3 is 2.50 bits per heavy atom. The first-order chi connectivity index (χ1) is 14.3. The number of carbonyl (C=O) groups is 1. The molecule has 1 N–H and O–H groups in total. The number of pyridine rings is 1. The van der Waals surface area contributed by atoms with Gasteiger partial charge < -0.3 is 15.1 Å². The number of anilines is 3. The van der Waals surface area contributed by atoms with Crippen LogP contribution >= 0.6 is 0 Å². The maximum atomic E-state index is 13.8. The fourth-order valence-electron chi connectivity index (χ4n) is 4.05. The number of nitrogens with zero attached hydrogens (tertiary/aromatic N) is 5. The van der Waals surface area contributed by atoms with E-state index >= 15 is 0 Å².